The number of benzene rings is 1. The van der Waals surface area contributed by atoms with Crippen molar-refractivity contribution in [2.45, 2.75) is 19.5 Å². The molecule has 0 bridgehead atoms. The average Bonchev–Trinajstić information content (AvgIpc) is 2.18. The third-order valence-electron chi connectivity index (χ3n) is 2.16. The van der Waals surface area contributed by atoms with Crippen LogP contribution in [0.4, 0.5) is 18.9 Å². The van der Waals surface area contributed by atoms with E-state index in [0.29, 0.717) is 18.5 Å². The summed E-state index contributed by atoms with van der Waals surface area (Å²) in [4.78, 5) is 10.9. The second-order valence-electron chi connectivity index (χ2n) is 3.59. The summed E-state index contributed by atoms with van der Waals surface area (Å²) in [6, 6.07) is 3.24. The second-order valence-corrected chi connectivity index (χ2v) is 3.59. The molecule has 0 saturated heterocycles. The first-order chi connectivity index (χ1) is 7.84. The van der Waals surface area contributed by atoms with E-state index in [1.807, 2.05) is 0 Å². The van der Waals surface area contributed by atoms with Gasteiger partial charge in [0.15, 0.2) is 0 Å². The molecule has 0 atom stereocenters. The van der Waals surface area contributed by atoms with Crippen LogP contribution in [0.25, 0.3) is 0 Å². The number of nitrogens with two attached hydrogens (primary N) is 1. The second kappa shape index (κ2) is 5.18. The highest BCUT2D eigenvalue weighted by molar-refractivity contribution is 5.89. The molecule has 0 aliphatic rings. The molecule has 0 spiro atoms. The molecule has 94 valence electrons. The van der Waals surface area contributed by atoms with E-state index in [2.05, 4.69) is 5.32 Å². The van der Waals surface area contributed by atoms with Crippen LogP contribution in [0.15, 0.2) is 18.2 Å². The molecule has 0 aliphatic heterocycles. The normalized spacial score (nSPS) is 11.4. The summed E-state index contributed by atoms with van der Waals surface area (Å²) in [6.45, 7) is 1.55. The number of hydrogen-bond donors (Lipinski definition) is 2. The Bertz CT molecular complexity index is 416. The van der Waals surface area contributed by atoms with Crippen LogP contribution in [0.1, 0.15) is 18.1 Å². The van der Waals surface area contributed by atoms with Gasteiger partial charge in [-0.3, -0.25) is 4.79 Å². The van der Waals surface area contributed by atoms with Gasteiger partial charge in [-0.15, -0.1) is 0 Å². The smallest absolute Gasteiger partial charge is 0.330 e. The zero-order valence-corrected chi connectivity index (χ0v) is 9.27. The molecule has 1 aromatic carbocycles. The molecule has 1 rings (SSSR count). The van der Waals surface area contributed by atoms with Crippen LogP contribution >= 0.6 is 0 Å². The number of rotatable bonds is 3. The lowest BCUT2D eigenvalue weighted by Gasteiger charge is -2.13. The van der Waals surface area contributed by atoms with E-state index >= 15 is 0 Å². The fourth-order valence-electron chi connectivity index (χ4n) is 1.43. The lowest BCUT2D eigenvalue weighted by molar-refractivity contribution is -0.137. The van der Waals surface area contributed by atoms with Crippen LogP contribution in [0.3, 0.4) is 0 Å². The van der Waals surface area contributed by atoms with Crippen molar-refractivity contribution in [3.05, 3.63) is 29.3 Å². The maximum atomic E-state index is 12.5. The summed E-state index contributed by atoms with van der Waals surface area (Å²) in [5.74, 6) is -0.414. The molecular formula is C11H13F3N2O. The van der Waals surface area contributed by atoms with Crippen molar-refractivity contribution in [2.75, 3.05) is 11.9 Å². The van der Waals surface area contributed by atoms with Crippen LogP contribution in [0, 0.1) is 0 Å². The van der Waals surface area contributed by atoms with E-state index < -0.39 is 17.6 Å². The van der Waals surface area contributed by atoms with E-state index in [1.165, 1.54) is 13.0 Å². The van der Waals surface area contributed by atoms with E-state index in [9.17, 15) is 18.0 Å². The summed E-state index contributed by atoms with van der Waals surface area (Å²) in [7, 11) is 0. The van der Waals surface area contributed by atoms with Gasteiger partial charge < -0.3 is 11.1 Å². The Kier molecular flexibility index (Phi) is 4.11. The molecule has 0 unspecified atom stereocenters. The first-order valence-corrected chi connectivity index (χ1v) is 5.02. The molecule has 0 radical (unpaired) electrons. The molecule has 0 aromatic heterocycles. The van der Waals surface area contributed by atoms with Gasteiger partial charge in [-0.25, -0.2) is 0 Å². The SMILES string of the molecule is CC(=O)Nc1cc(C(F)(F)F)ccc1CCN. The van der Waals surface area contributed by atoms with Crippen LogP contribution < -0.4 is 11.1 Å². The molecule has 0 heterocycles. The third kappa shape index (κ3) is 3.74. The minimum Gasteiger partial charge on any atom is -0.330 e. The molecule has 0 saturated carbocycles. The van der Waals surface area contributed by atoms with Gasteiger partial charge in [-0.2, -0.15) is 13.2 Å². The van der Waals surface area contributed by atoms with E-state index in [1.54, 1.807) is 0 Å². The average molecular weight is 246 g/mol. The van der Waals surface area contributed by atoms with Gasteiger partial charge in [-0.1, -0.05) is 6.07 Å². The molecule has 3 nitrogen and oxygen atoms in total. The van der Waals surface area contributed by atoms with Gasteiger partial charge in [0, 0.05) is 12.6 Å². The molecule has 3 N–H and O–H groups in total. The van der Waals surface area contributed by atoms with E-state index in [4.69, 9.17) is 5.73 Å². The van der Waals surface area contributed by atoms with Crippen molar-refractivity contribution in [3.8, 4) is 0 Å². The van der Waals surface area contributed by atoms with Crippen LogP contribution in [0.5, 0.6) is 0 Å². The zero-order valence-electron chi connectivity index (χ0n) is 9.27. The standard InChI is InChI=1S/C11H13F3N2O/c1-7(17)16-10-6-9(11(12,13)14)3-2-8(10)4-5-15/h2-3,6H,4-5,15H2,1H3,(H,16,17). The van der Waals surface area contributed by atoms with Crippen LogP contribution in [-0.2, 0) is 17.4 Å². The van der Waals surface area contributed by atoms with E-state index in [-0.39, 0.29) is 5.69 Å². The monoisotopic (exact) mass is 246 g/mol. The van der Waals surface area contributed by atoms with Crippen LogP contribution in [-0.4, -0.2) is 12.5 Å². The lowest BCUT2D eigenvalue weighted by atomic mass is 10.1. The highest BCUT2D eigenvalue weighted by Crippen LogP contribution is 2.32. The van der Waals surface area contributed by atoms with Gasteiger partial charge in [-0.05, 0) is 30.7 Å². The summed E-state index contributed by atoms with van der Waals surface area (Å²) in [5, 5.41) is 2.38. The van der Waals surface area contributed by atoms with Gasteiger partial charge in [0.2, 0.25) is 5.91 Å². The van der Waals surface area contributed by atoms with Gasteiger partial charge in [0.1, 0.15) is 0 Å². The molecular weight excluding hydrogens is 233 g/mol. The van der Waals surface area contributed by atoms with Crippen molar-refractivity contribution in [2.24, 2.45) is 5.73 Å². The fourth-order valence-corrected chi connectivity index (χ4v) is 1.43. The van der Waals surface area contributed by atoms with Crippen molar-refractivity contribution >= 4 is 11.6 Å². The summed E-state index contributed by atoms with van der Waals surface area (Å²) >= 11 is 0. The lowest BCUT2D eigenvalue weighted by Crippen LogP contribution is -2.13. The Balaban J connectivity index is 3.14. The summed E-state index contributed by atoms with van der Waals surface area (Å²) in [5.41, 5.74) is 5.32. The predicted molar refractivity (Wildman–Crippen MR) is 58.5 cm³/mol. The van der Waals surface area contributed by atoms with Gasteiger partial charge in [0.05, 0.1) is 5.56 Å². The summed E-state index contributed by atoms with van der Waals surface area (Å²) in [6.07, 6.45) is -4.01. The Morgan fingerprint density at radius 2 is 2.06 bits per heavy atom. The first-order valence-electron chi connectivity index (χ1n) is 5.02. The third-order valence-corrected chi connectivity index (χ3v) is 2.16. The Labute approximate surface area is 96.8 Å². The largest absolute Gasteiger partial charge is 0.416 e. The van der Waals surface area contributed by atoms with Gasteiger partial charge >= 0.3 is 6.18 Å². The fraction of sp³-hybridized carbons (Fsp3) is 0.364. The highest BCUT2D eigenvalue weighted by atomic mass is 19.4. The Hall–Kier alpha value is -1.56. The maximum absolute atomic E-state index is 12.5. The van der Waals surface area contributed by atoms with E-state index in [0.717, 1.165) is 12.1 Å². The minimum atomic E-state index is -4.42. The molecule has 6 heteroatoms. The predicted octanol–water partition coefficient (Wildman–Crippen LogP) is 2.17. The quantitative estimate of drug-likeness (QED) is 0.858. The van der Waals surface area contributed by atoms with Crippen molar-refractivity contribution in [1.82, 2.24) is 0 Å². The van der Waals surface area contributed by atoms with Crippen molar-refractivity contribution in [1.29, 1.82) is 0 Å². The number of nitrogens with one attached hydrogen (secondary N) is 1. The molecule has 1 amide bonds. The number of halogens is 3. The number of alkyl halides is 3. The number of hydrogen-bond acceptors (Lipinski definition) is 2. The molecule has 1 aromatic rings. The van der Waals surface area contributed by atoms with Crippen LogP contribution in [0.2, 0.25) is 0 Å². The van der Waals surface area contributed by atoms with Crippen molar-refractivity contribution < 1.29 is 18.0 Å². The van der Waals surface area contributed by atoms with Gasteiger partial charge in [0.25, 0.3) is 0 Å². The minimum absolute atomic E-state index is 0.165. The van der Waals surface area contributed by atoms with Crippen molar-refractivity contribution in [3.63, 3.8) is 0 Å². The zero-order chi connectivity index (χ0) is 13.1. The number of carbonyl (C=O) groups excluding carboxylic acids is 1. The highest BCUT2D eigenvalue weighted by Gasteiger charge is 2.31. The first kappa shape index (κ1) is 13.5. The Morgan fingerprint density at radius 1 is 1.41 bits per heavy atom. The number of anilines is 1. The maximum Gasteiger partial charge on any atom is 0.416 e. The topological polar surface area (TPSA) is 55.1 Å². The number of carbonyl (C=O) groups is 1. The Morgan fingerprint density at radius 3 is 2.53 bits per heavy atom. The molecule has 0 aliphatic carbocycles. The molecule has 0 fully saturated rings. The summed E-state index contributed by atoms with van der Waals surface area (Å²) < 4.78 is 37.5. The number of amides is 1. The molecule has 17 heavy (non-hydrogen) atoms.